The highest BCUT2D eigenvalue weighted by molar-refractivity contribution is 6.00. The number of carbonyl (C=O) groups excluding carboxylic acids is 1. The van der Waals surface area contributed by atoms with Crippen LogP contribution in [0.15, 0.2) is 18.2 Å². The SMILES string of the molecule is Cc1ccc(C(=O)C(C)N(C)CC(C)(C)O)cc1C. The molecule has 1 unspecified atom stereocenters. The predicted molar refractivity (Wildman–Crippen MR) is 78.6 cm³/mol. The molecule has 0 aromatic heterocycles. The molecule has 0 spiro atoms. The lowest BCUT2D eigenvalue weighted by molar-refractivity contribution is 0.0330. The third-order valence-electron chi connectivity index (χ3n) is 3.47. The summed E-state index contributed by atoms with van der Waals surface area (Å²) < 4.78 is 0. The van der Waals surface area contributed by atoms with Gasteiger partial charge in [-0.25, -0.2) is 0 Å². The molecule has 0 radical (unpaired) electrons. The Kier molecular flexibility index (Phi) is 4.88. The number of ketones is 1. The summed E-state index contributed by atoms with van der Waals surface area (Å²) in [6.07, 6.45) is 0. The van der Waals surface area contributed by atoms with E-state index in [1.807, 2.05) is 50.9 Å². The van der Waals surface area contributed by atoms with Gasteiger partial charge in [0.2, 0.25) is 0 Å². The third kappa shape index (κ3) is 4.44. The lowest BCUT2D eigenvalue weighted by Gasteiger charge is -2.29. The van der Waals surface area contributed by atoms with Crippen LogP contribution in [0.4, 0.5) is 0 Å². The van der Waals surface area contributed by atoms with Crippen molar-refractivity contribution in [3.63, 3.8) is 0 Å². The standard InChI is InChI=1S/C16H25NO2/c1-11-7-8-14(9-12(11)2)15(18)13(3)17(6)10-16(4,5)19/h7-9,13,19H,10H2,1-6H3. The summed E-state index contributed by atoms with van der Waals surface area (Å²) >= 11 is 0. The second-order valence-electron chi connectivity index (χ2n) is 6.07. The second kappa shape index (κ2) is 5.85. The Balaban J connectivity index is 2.84. The third-order valence-corrected chi connectivity index (χ3v) is 3.47. The largest absolute Gasteiger partial charge is 0.389 e. The van der Waals surface area contributed by atoms with Crippen LogP contribution < -0.4 is 0 Å². The Hall–Kier alpha value is -1.19. The highest BCUT2D eigenvalue weighted by atomic mass is 16.3. The van der Waals surface area contributed by atoms with E-state index in [2.05, 4.69) is 0 Å². The summed E-state index contributed by atoms with van der Waals surface area (Å²) in [5.41, 5.74) is 2.25. The molecule has 3 nitrogen and oxygen atoms in total. The molecule has 1 rings (SSSR count). The highest BCUT2D eigenvalue weighted by Crippen LogP contribution is 2.15. The Morgan fingerprint density at radius 1 is 1.32 bits per heavy atom. The number of carbonyl (C=O) groups is 1. The van der Waals surface area contributed by atoms with Crippen LogP contribution in [-0.4, -0.2) is 41.0 Å². The van der Waals surface area contributed by atoms with Crippen molar-refractivity contribution in [2.75, 3.05) is 13.6 Å². The summed E-state index contributed by atoms with van der Waals surface area (Å²) in [5.74, 6) is 0.0925. The van der Waals surface area contributed by atoms with Crippen LogP contribution in [0, 0.1) is 13.8 Å². The summed E-state index contributed by atoms with van der Waals surface area (Å²) in [6.45, 7) is 9.88. The minimum absolute atomic E-state index is 0.0925. The quantitative estimate of drug-likeness (QED) is 0.830. The van der Waals surface area contributed by atoms with Crippen molar-refractivity contribution in [1.29, 1.82) is 0 Å². The van der Waals surface area contributed by atoms with Gasteiger partial charge < -0.3 is 5.11 Å². The van der Waals surface area contributed by atoms with Crippen molar-refractivity contribution in [3.8, 4) is 0 Å². The predicted octanol–water partition coefficient (Wildman–Crippen LogP) is 2.58. The molecule has 0 amide bonds. The van der Waals surface area contributed by atoms with Crippen LogP contribution in [0.1, 0.15) is 42.3 Å². The number of likely N-dealkylation sites (N-methyl/N-ethyl adjacent to an activating group) is 1. The summed E-state index contributed by atoms with van der Waals surface area (Å²) in [4.78, 5) is 14.3. The maximum atomic E-state index is 12.4. The normalized spacial score (nSPS) is 13.7. The maximum Gasteiger partial charge on any atom is 0.179 e. The fourth-order valence-corrected chi connectivity index (χ4v) is 2.08. The van der Waals surface area contributed by atoms with Gasteiger partial charge in [-0.3, -0.25) is 9.69 Å². The highest BCUT2D eigenvalue weighted by Gasteiger charge is 2.24. The van der Waals surface area contributed by atoms with Gasteiger partial charge in [0.25, 0.3) is 0 Å². The van der Waals surface area contributed by atoms with Crippen LogP contribution in [0.25, 0.3) is 0 Å². The van der Waals surface area contributed by atoms with E-state index in [-0.39, 0.29) is 11.8 Å². The van der Waals surface area contributed by atoms with Crippen LogP contribution in [-0.2, 0) is 0 Å². The molecule has 1 N–H and O–H groups in total. The summed E-state index contributed by atoms with van der Waals surface area (Å²) in [5, 5.41) is 9.82. The average molecular weight is 263 g/mol. The first kappa shape index (κ1) is 15.9. The average Bonchev–Trinajstić information content (AvgIpc) is 2.28. The molecule has 0 bridgehead atoms. The molecule has 19 heavy (non-hydrogen) atoms. The Bertz CT molecular complexity index is 460. The lowest BCUT2D eigenvalue weighted by Crippen LogP contribution is -2.44. The van der Waals surface area contributed by atoms with Gasteiger partial charge in [0.05, 0.1) is 11.6 Å². The zero-order chi connectivity index (χ0) is 14.8. The van der Waals surface area contributed by atoms with Crippen molar-refractivity contribution < 1.29 is 9.90 Å². The van der Waals surface area contributed by atoms with Crippen molar-refractivity contribution in [2.24, 2.45) is 0 Å². The number of hydrogen-bond donors (Lipinski definition) is 1. The zero-order valence-corrected chi connectivity index (χ0v) is 12.8. The Labute approximate surface area is 116 Å². The first-order valence-corrected chi connectivity index (χ1v) is 6.66. The van der Waals surface area contributed by atoms with Crippen LogP contribution in [0.3, 0.4) is 0 Å². The molecule has 1 atom stereocenters. The first-order valence-electron chi connectivity index (χ1n) is 6.66. The molecule has 0 aliphatic heterocycles. The number of Topliss-reactive ketones (excluding diaryl/α,β-unsaturated/α-hetero) is 1. The summed E-state index contributed by atoms with van der Waals surface area (Å²) in [6, 6.07) is 5.55. The molecule has 0 saturated heterocycles. The van der Waals surface area contributed by atoms with Crippen molar-refractivity contribution in [3.05, 3.63) is 34.9 Å². The number of aliphatic hydroxyl groups is 1. The van der Waals surface area contributed by atoms with Crippen molar-refractivity contribution >= 4 is 5.78 Å². The van der Waals surface area contributed by atoms with E-state index in [9.17, 15) is 9.90 Å². The number of rotatable bonds is 5. The van der Waals surface area contributed by atoms with E-state index >= 15 is 0 Å². The molecule has 106 valence electrons. The molecular weight excluding hydrogens is 238 g/mol. The molecule has 1 aromatic rings. The van der Waals surface area contributed by atoms with E-state index in [0.29, 0.717) is 6.54 Å². The lowest BCUT2D eigenvalue weighted by atomic mass is 9.99. The molecule has 0 aliphatic carbocycles. The van der Waals surface area contributed by atoms with Crippen molar-refractivity contribution in [1.82, 2.24) is 4.90 Å². The van der Waals surface area contributed by atoms with E-state index in [0.717, 1.165) is 11.1 Å². The first-order chi connectivity index (χ1) is 8.61. The molecule has 0 fully saturated rings. The molecule has 0 heterocycles. The Morgan fingerprint density at radius 3 is 2.37 bits per heavy atom. The van der Waals surface area contributed by atoms with Gasteiger partial charge in [0.1, 0.15) is 0 Å². The smallest absolute Gasteiger partial charge is 0.179 e. The van der Waals surface area contributed by atoms with Gasteiger partial charge in [-0.1, -0.05) is 12.1 Å². The van der Waals surface area contributed by atoms with E-state index in [4.69, 9.17) is 0 Å². The Morgan fingerprint density at radius 2 is 1.89 bits per heavy atom. The van der Waals surface area contributed by atoms with Crippen LogP contribution in [0.5, 0.6) is 0 Å². The fourth-order valence-electron chi connectivity index (χ4n) is 2.08. The number of benzene rings is 1. The monoisotopic (exact) mass is 263 g/mol. The minimum atomic E-state index is -0.799. The van der Waals surface area contributed by atoms with Crippen LogP contribution in [0.2, 0.25) is 0 Å². The topological polar surface area (TPSA) is 40.5 Å². The molecule has 3 heteroatoms. The number of aryl methyl sites for hydroxylation is 2. The minimum Gasteiger partial charge on any atom is -0.389 e. The number of nitrogens with zero attached hydrogens (tertiary/aromatic N) is 1. The number of hydrogen-bond acceptors (Lipinski definition) is 3. The maximum absolute atomic E-state index is 12.4. The van der Waals surface area contributed by atoms with Gasteiger partial charge in [-0.2, -0.15) is 0 Å². The molecule has 1 aromatic carbocycles. The zero-order valence-electron chi connectivity index (χ0n) is 12.8. The molecule has 0 aliphatic rings. The fraction of sp³-hybridized carbons (Fsp3) is 0.562. The van der Waals surface area contributed by atoms with E-state index in [1.165, 1.54) is 5.56 Å². The van der Waals surface area contributed by atoms with Gasteiger partial charge in [0, 0.05) is 12.1 Å². The molecule has 0 saturated carbocycles. The second-order valence-corrected chi connectivity index (χ2v) is 6.07. The van der Waals surface area contributed by atoms with Crippen molar-refractivity contribution in [2.45, 2.75) is 46.3 Å². The van der Waals surface area contributed by atoms with Gasteiger partial charge >= 0.3 is 0 Å². The van der Waals surface area contributed by atoms with E-state index in [1.54, 1.807) is 13.8 Å². The van der Waals surface area contributed by atoms with Gasteiger partial charge in [-0.05, 0) is 58.9 Å². The van der Waals surface area contributed by atoms with E-state index < -0.39 is 5.60 Å². The molecular formula is C16H25NO2. The van der Waals surface area contributed by atoms with Gasteiger partial charge in [-0.15, -0.1) is 0 Å². The van der Waals surface area contributed by atoms with Crippen LogP contribution >= 0.6 is 0 Å². The summed E-state index contributed by atoms with van der Waals surface area (Å²) in [7, 11) is 1.86. The van der Waals surface area contributed by atoms with Gasteiger partial charge in [0.15, 0.2) is 5.78 Å².